The minimum absolute atomic E-state index is 0.586. The van der Waals surface area contributed by atoms with Crippen molar-refractivity contribution >= 4 is 22.5 Å². The number of fused-ring (bicyclic) bond motifs is 1. The van der Waals surface area contributed by atoms with Gasteiger partial charge < -0.3 is 10.6 Å². The average molecular weight is 250 g/mol. The zero-order valence-corrected chi connectivity index (χ0v) is 10.4. The Balaban J connectivity index is 1.65. The van der Waals surface area contributed by atoms with Gasteiger partial charge in [0.05, 0.1) is 12.2 Å². The molecule has 1 heterocycles. The molecular formula is C15H14N4. The zero-order chi connectivity index (χ0) is 12.9. The van der Waals surface area contributed by atoms with Crippen LogP contribution in [0.3, 0.4) is 0 Å². The summed E-state index contributed by atoms with van der Waals surface area (Å²) in [4.78, 5) is 8.72. The van der Waals surface area contributed by atoms with Gasteiger partial charge in [0.1, 0.15) is 0 Å². The van der Waals surface area contributed by atoms with Gasteiger partial charge in [0.2, 0.25) is 5.95 Å². The number of para-hydroxylation sites is 2. The number of anilines is 2. The van der Waals surface area contributed by atoms with Gasteiger partial charge in [-0.2, -0.15) is 0 Å². The highest BCUT2D eigenvalue weighted by atomic mass is 15.2. The molecule has 0 unspecified atom stereocenters. The summed E-state index contributed by atoms with van der Waals surface area (Å²) >= 11 is 0. The van der Waals surface area contributed by atoms with Gasteiger partial charge >= 0.3 is 0 Å². The lowest BCUT2D eigenvalue weighted by Gasteiger charge is -2.08. The largest absolute Gasteiger partial charge is 0.368 e. The van der Waals surface area contributed by atoms with Crippen molar-refractivity contribution < 1.29 is 0 Å². The number of hydrogen-bond donors (Lipinski definition) is 2. The van der Waals surface area contributed by atoms with Crippen LogP contribution in [0.15, 0.2) is 60.8 Å². The SMILES string of the molecule is c1ccc(NCNc2ncc3ccccc3n2)cc1. The molecule has 0 fully saturated rings. The van der Waals surface area contributed by atoms with Crippen molar-refractivity contribution in [1.29, 1.82) is 0 Å². The zero-order valence-electron chi connectivity index (χ0n) is 10.4. The fourth-order valence-electron chi connectivity index (χ4n) is 1.84. The summed E-state index contributed by atoms with van der Waals surface area (Å²) in [7, 11) is 0. The Labute approximate surface area is 111 Å². The Hall–Kier alpha value is -2.62. The fourth-order valence-corrected chi connectivity index (χ4v) is 1.84. The van der Waals surface area contributed by atoms with Crippen LogP contribution < -0.4 is 10.6 Å². The van der Waals surface area contributed by atoms with Crippen LogP contribution in [0.5, 0.6) is 0 Å². The van der Waals surface area contributed by atoms with Crippen LogP contribution >= 0.6 is 0 Å². The summed E-state index contributed by atoms with van der Waals surface area (Å²) in [5.41, 5.74) is 2.01. The van der Waals surface area contributed by atoms with Gasteiger partial charge in [0.15, 0.2) is 0 Å². The Morgan fingerprint density at radius 2 is 1.63 bits per heavy atom. The molecule has 0 amide bonds. The Kier molecular flexibility index (Phi) is 3.23. The van der Waals surface area contributed by atoms with E-state index in [1.807, 2.05) is 60.8 Å². The lowest BCUT2D eigenvalue weighted by atomic mass is 10.2. The lowest BCUT2D eigenvalue weighted by molar-refractivity contribution is 1.11. The minimum atomic E-state index is 0.586. The first-order valence-electron chi connectivity index (χ1n) is 6.16. The van der Waals surface area contributed by atoms with Gasteiger partial charge in [0.25, 0.3) is 0 Å². The van der Waals surface area contributed by atoms with Crippen molar-refractivity contribution in [2.45, 2.75) is 0 Å². The van der Waals surface area contributed by atoms with Crippen molar-refractivity contribution in [1.82, 2.24) is 9.97 Å². The number of nitrogens with one attached hydrogen (secondary N) is 2. The topological polar surface area (TPSA) is 49.8 Å². The van der Waals surface area contributed by atoms with E-state index in [2.05, 4.69) is 20.6 Å². The maximum atomic E-state index is 4.44. The van der Waals surface area contributed by atoms with Crippen molar-refractivity contribution in [2.75, 3.05) is 17.3 Å². The Bertz CT molecular complexity index is 667. The molecule has 4 heteroatoms. The number of hydrogen-bond acceptors (Lipinski definition) is 4. The molecule has 0 saturated carbocycles. The first-order valence-corrected chi connectivity index (χ1v) is 6.16. The first kappa shape index (κ1) is 11.5. The van der Waals surface area contributed by atoms with E-state index in [1.54, 1.807) is 0 Å². The van der Waals surface area contributed by atoms with Crippen LogP contribution in [0.4, 0.5) is 11.6 Å². The summed E-state index contributed by atoms with van der Waals surface area (Å²) < 4.78 is 0. The Morgan fingerprint density at radius 3 is 2.53 bits per heavy atom. The van der Waals surface area contributed by atoms with Crippen LogP contribution in [0, 0.1) is 0 Å². The van der Waals surface area contributed by atoms with E-state index in [0.29, 0.717) is 12.6 Å². The third kappa shape index (κ3) is 2.80. The number of rotatable bonds is 4. The van der Waals surface area contributed by atoms with E-state index in [1.165, 1.54) is 0 Å². The van der Waals surface area contributed by atoms with E-state index in [0.717, 1.165) is 16.6 Å². The molecule has 2 aromatic carbocycles. The molecule has 0 aliphatic carbocycles. The van der Waals surface area contributed by atoms with Crippen molar-refractivity contribution in [2.24, 2.45) is 0 Å². The molecule has 19 heavy (non-hydrogen) atoms. The lowest BCUT2D eigenvalue weighted by Crippen LogP contribution is -2.13. The van der Waals surface area contributed by atoms with Crippen LogP contribution in [-0.4, -0.2) is 16.6 Å². The number of aromatic nitrogens is 2. The van der Waals surface area contributed by atoms with Crippen LogP contribution in [0.25, 0.3) is 10.9 Å². The molecule has 0 atom stereocenters. The molecule has 4 nitrogen and oxygen atoms in total. The van der Waals surface area contributed by atoms with Crippen molar-refractivity contribution in [3.05, 3.63) is 60.8 Å². The average Bonchev–Trinajstić information content (AvgIpc) is 2.48. The van der Waals surface area contributed by atoms with Gasteiger partial charge in [-0.1, -0.05) is 36.4 Å². The molecule has 0 aliphatic rings. The van der Waals surface area contributed by atoms with Gasteiger partial charge in [-0.15, -0.1) is 0 Å². The summed E-state index contributed by atoms with van der Waals surface area (Å²) in [6.45, 7) is 0.586. The maximum Gasteiger partial charge on any atom is 0.224 e. The molecule has 0 aliphatic heterocycles. The predicted molar refractivity (Wildman–Crippen MR) is 78.1 cm³/mol. The molecule has 94 valence electrons. The van der Waals surface area contributed by atoms with Crippen LogP contribution in [0.2, 0.25) is 0 Å². The molecular weight excluding hydrogens is 236 g/mol. The van der Waals surface area contributed by atoms with Crippen LogP contribution in [-0.2, 0) is 0 Å². The van der Waals surface area contributed by atoms with Gasteiger partial charge in [-0.05, 0) is 18.2 Å². The molecule has 1 aromatic heterocycles. The van der Waals surface area contributed by atoms with E-state index < -0.39 is 0 Å². The normalized spacial score (nSPS) is 10.3. The third-order valence-electron chi connectivity index (χ3n) is 2.80. The number of benzene rings is 2. The molecule has 0 spiro atoms. The Morgan fingerprint density at radius 1 is 0.842 bits per heavy atom. The van der Waals surface area contributed by atoms with Crippen molar-refractivity contribution in [3.8, 4) is 0 Å². The molecule has 0 bridgehead atoms. The maximum absolute atomic E-state index is 4.44. The molecule has 3 aromatic rings. The smallest absolute Gasteiger partial charge is 0.224 e. The van der Waals surface area contributed by atoms with E-state index in [9.17, 15) is 0 Å². The van der Waals surface area contributed by atoms with Gasteiger partial charge in [-0.3, -0.25) is 0 Å². The standard InChI is InChI=1S/C15H14N4/c1-2-7-13(8-3-1)17-11-18-15-16-10-12-6-4-5-9-14(12)19-15/h1-10,17H,11H2,(H,16,18,19). The quantitative estimate of drug-likeness (QED) is 0.698. The van der Waals surface area contributed by atoms with Crippen molar-refractivity contribution in [3.63, 3.8) is 0 Å². The van der Waals surface area contributed by atoms with Gasteiger partial charge in [-0.25, -0.2) is 9.97 Å². The monoisotopic (exact) mass is 250 g/mol. The van der Waals surface area contributed by atoms with Crippen LogP contribution in [0.1, 0.15) is 0 Å². The predicted octanol–water partition coefficient (Wildman–Crippen LogP) is 3.11. The second kappa shape index (κ2) is 5.35. The third-order valence-corrected chi connectivity index (χ3v) is 2.80. The molecule has 0 saturated heterocycles. The summed E-state index contributed by atoms with van der Waals surface area (Å²) in [5, 5.41) is 7.45. The molecule has 3 rings (SSSR count). The van der Waals surface area contributed by atoms with E-state index in [4.69, 9.17) is 0 Å². The van der Waals surface area contributed by atoms with E-state index >= 15 is 0 Å². The summed E-state index contributed by atoms with van der Waals surface area (Å²) in [6, 6.07) is 18.0. The molecule has 2 N–H and O–H groups in total. The minimum Gasteiger partial charge on any atom is -0.368 e. The molecule has 0 radical (unpaired) electrons. The second-order valence-electron chi connectivity index (χ2n) is 4.15. The highest BCUT2D eigenvalue weighted by Gasteiger charge is 1.98. The van der Waals surface area contributed by atoms with Gasteiger partial charge in [0, 0.05) is 17.3 Å². The summed E-state index contributed by atoms with van der Waals surface area (Å²) in [5.74, 6) is 0.627. The highest BCUT2D eigenvalue weighted by Crippen LogP contribution is 2.11. The fraction of sp³-hybridized carbons (Fsp3) is 0.0667. The number of nitrogens with zero attached hydrogens (tertiary/aromatic N) is 2. The highest BCUT2D eigenvalue weighted by molar-refractivity contribution is 5.78. The summed E-state index contributed by atoms with van der Waals surface area (Å²) in [6.07, 6.45) is 1.83. The van der Waals surface area contributed by atoms with E-state index in [-0.39, 0.29) is 0 Å². The first-order chi connectivity index (χ1) is 9.42. The second-order valence-corrected chi connectivity index (χ2v) is 4.15.